The third kappa shape index (κ3) is 7.35. The number of para-hydroxylation sites is 3. The van der Waals surface area contributed by atoms with Crippen LogP contribution in [-0.4, -0.2) is 9.82 Å². The van der Waals surface area contributed by atoms with Crippen LogP contribution in [0.1, 0.15) is 30.9 Å². The predicted molar refractivity (Wildman–Crippen MR) is 294 cm³/mol. The zero-order chi connectivity index (χ0) is 46.0. The van der Waals surface area contributed by atoms with Crippen LogP contribution in [0.3, 0.4) is 0 Å². The summed E-state index contributed by atoms with van der Waals surface area (Å²) in [4.78, 5) is 3.79. The minimum absolute atomic E-state index is 0.417. The normalized spacial score (nSPS) is 21.0. The van der Waals surface area contributed by atoms with Crippen molar-refractivity contribution in [3.8, 4) is 27.9 Å². The third-order valence-electron chi connectivity index (χ3n) is 15.2. The molecule has 3 heteroatoms. The van der Waals surface area contributed by atoms with Crippen LogP contribution in [-0.2, 0) is 0 Å². The SMILES string of the molecule is CC1C=CC(c2ccc(N(c3ccc(-c4ccc5c(c4)SC4C=CC=CC54)cc3)c3ccc(-c4ccccc4-n4c5ccccc5c5ccccc54)cc3)cc2)=CC1C1C=c2ccccc2=CC1C. The first-order chi connectivity index (χ1) is 34.0. The summed E-state index contributed by atoms with van der Waals surface area (Å²) in [6.45, 7) is 4.76. The van der Waals surface area contributed by atoms with Crippen LogP contribution < -0.4 is 15.3 Å². The van der Waals surface area contributed by atoms with Crippen molar-refractivity contribution in [2.24, 2.45) is 23.7 Å². The van der Waals surface area contributed by atoms with E-state index >= 15 is 0 Å². The topological polar surface area (TPSA) is 8.17 Å². The van der Waals surface area contributed by atoms with Crippen molar-refractivity contribution in [1.29, 1.82) is 0 Å². The van der Waals surface area contributed by atoms with E-state index < -0.39 is 0 Å². The molecule has 0 N–H and O–H groups in total. The van der Waals surface area contributed by atoms with Crippen molar-refractivity contribution in [2.75, 3.05) is 4.90 Å². The molecule has 2 heterocycles. The van der Waals surface area contributed by atoms with Crippen LogP contribution in [0, 0.1) is 23.7 Å². The maximum Gasteiger partial charge on any atom is 0.0541 e. The number of anilines is 3. The van der Waals surface area contributed by atoms with E-state index in [-0.39, 0.29) is 0 Å². The standard InChI is InChI=1S/C66H52N2S/c1-43-23-24-50(41-60(43)61-40-49-14-4-3-13-48(49)39-44(61)2)45-25-32-52(33-26-45)67(53-34-27-46(28-35-53)51-31-38-59-58-18-8-12-22-65(58)69-66(59)42-51)54-36-29-47(30-37-54)55-15-5-9-19-62(55)68-63-20-10-6-16-56(63)57-17-7-11-21-64(57)68/h3-44,58,60-61,65H,1-2H3. The van der Waals surface area contributed by atoms with Gasteiger partial charge in [-0.2, -0.15) is 0 Å². The molecule has 6 atom stereocenters. The highest BCUT2D eigenvalue weighted by atomic mass is 32.2. The molecule has 8 aromatic carbocycles. The fraction of sp³-hybridized carbons (Fsp3) is 0.121. The Morgan fingerprint density at radius 1 is 0.464 bits per heavy atom. The Morgan fingerprint density at radius 3 is 1.74 bits per heavy atom. The van der Waals surface area contributed by atoms with Gasteiger partial charge in [-0.3, -0.25) is 0 Å². The minimum atomic E-state index is 0.417. The van der Waals surface area contributed by atoms with Gasteiger partial charge in [0, 0.05) is 49.5 Å². The summed E-state index contributed by atoms with van der Waals surface area (Å²) in [5.74, 6) is 2.25. The minimum Gasteiger partial charge on any atom is -0.311 e. The van der Waals surface area contributed by atoms with Crippen LogP contribution in [0.15, 0.2) is 235 Å². The summed E-state index contributed by atoms with van der Waals surface area (Å²) < 4.78 is 2.43. The highest BCUT2D eigenvalue weighted by Crippen LogP contribution is 2.49. The second-order valence-corrected chi connectivity index (χ2v) is 20.5. The third-order valence-corrected chi connectivity index (χ3v) is 16.5. The highest BCUT2D eigenvalue weighted by molar-refractivity contribution is 8.00. The zero-order valence-electron chi connectivity index (χ0n) is 38.9. The number of allylic oxidation sites excluding steroid dienone is 7. The van der Waals surface area contributed by atoms with Gasteiger partial charge in [0.05, 0.1) is 16.7 Å². The monoisotopic (exact) mass is 904 g/mol. The van der Waals surface area contributed by atoms with Crippen molar-refractivity contribution in [2.45, 2.75) is 29.9 Å². The molecule has 69 heavy (non-hydrogen) atoms. The van der Waals surface area contributed by atoms with Crippen molar-refractivity contribution < 1.29 is 0 Å². The number of benzene rings is 8. The molecule has 4 aliphatic rings. The number of aromatic nitrogens is 1. The van der Waals surface area contributed by atoms with Gasteiger partial charge in [-0.1, -0.05) is 196 Å². The van der Waals surface area contributed by atoms with Gasteiger partial charge < -0.3 is 9.47 Å². The van der Waals surface area contributed by atoms with Crippen molar-refractivity contribution >= 4 is 68.4 Å². The lowest BCUT2D eigenvalue weighted by Crippen LogP contribution is -2.35. The van der Waals surface area contributed by atoms with Gasteiger partial charge in [0.2, 0.25) is 0 Å². The zero-order valence-corrected chi connectivity index (χ0v) is 39.7. The van der Waals surface area contributed by atoms with Crippen molar-refractivity contribution in [3.05, 3.63) is 252 Å². The van der Waals surface area contributed by atoms with Gasteiger partial charge in [0.25, 0.3) is 0 Å². The molecule has 0 spiro atoms. The van der Waals surface area contributed by atoms with Gasteiger partial charge in [-0.15, -0.1) is 11.8 Å². The van der Waals surface area contributed by atoms with E-state index in [4.69, 9.17) is 0 Å². The molecule has 332 valence electrons. The van der Waals surface area contributed by atoms with Gasteiger partial charge in [0.15, 0.2) is 0 Å². The molecule has 2 nitrogen and oxygen atoms in total. The number of nitrogens with zero attached hydrogens (tertiary/aromatic N) is 2. The van der Waals surface area contributed by atoms with E-state index in [1.807, 2.05) is 11.8 Å². The number of hydrogen-bond acceptors (Lipinski definition) is 2. The summed E-state index contributed by atoms with van der Waals surface area (Å²) >= 11 is 1.99. The first kappa shape index (κ1) is 41.6. The fourth-order valence-corrected chi connectivity index (χ4v) is 13.0. The molecular formula is C66H52N2S. The van der Waals surface area contributed by atoms with E-state index in [1.54, 1.807) is 0 Å². The van der Waals surface area contributed by atoms with Crippen LogP contribution in [0.25, 0.3) is 67.5 Å². The molecule has 0 bridgehead atoms. The Morgan fingerprint density at radius 2 is 1.03 bits per heavy atom. The van der Waals surface area contributed by atoms with Gasteiger partial charge in [-0.05, 0) is 128 Å². The Hall–Kier alpha value is -7.59. The maximum absolute atomic E-state index is 2.55. The first-order valence-electron chi connectivity index (χ1n) is 24.6. The van der Waals surface area contributed by atoms with Crippen LogP contribution in [0.2, 0.25) is 0 Å². The van der Waals surface area contributed by atoms with E-state index in [1.165, 1.54) is 81.8 Å². The Balaban J connectivity index is 0.860. The first-order valence-corrected chi connectivity index (χ1v) is 25.4. The lowest BCUT2D eigenvalue weighted by molar-refractivity contribution is 0.359. The average molecular weight is 905 g/mol. The molecule has 1 aliphatic heterocycles. The second-order valence-electron chi connectivity index (χ2n) is 19.3. The largest absolute Gasteiger partial charge is 0.311 e. The summed E-state index contributed by atoms with van der Waals surface area (Å²) in [5, 5.41) is 5.73. The van der Waals surface area contributed by atoms with E-state index in [0.29, 0.717) is 34.8 Å². The van der Waals surface area contributed by atoms with E-state index in [0.717, 1.165) is 17.1 Å². The lowest BCUT2D eigenvalue weighted by Gasteiger charge is -2.33. The fourth-order valence-electron chi connectivity index (χ4n) is 11.6. The molecule has 0 amide bonds. The maximum atomic E-state index is 2.55. The quantitative estimate of drug-likeness (QED) is 0.150. The molecule has 13 rings (SSSR count). The van der Waals surface area contributed by atoms with Crippen LogP contribution in [0.5, 0.6) is 0 Å². The molecule has 3 aliphatic carbocycles. The van der Waals surface area contributed by atoms with Crippen LogP contribution >= 0.6 is 11.8 Å². The summed E-state index contributed by atoms with van der Waals surface area (Å²) in [5.41, 5.74) is 15.8. The lowest BCUT2D eigenvalue weighted by atomic mass is 9.71. The number of rotatable bonds is 8. The number of fused-ring (bicyclic) bond motifs is 7. The average Bonchev–Trinajstić information content (AvgIpc) is 3.95. The smallest absolute Gasteiger partial charge is 0.0541 e. The second kappa shape index (κ2) is 17.2. The highest BCUT2D eigenvalue weighted by Gasteiger charge is 2.32. The molecule has 9 aromatic rings. The molecule has 1 aromatic heterocycles. The molecule has 0 fully saturated rings. The van der Waals surface area contributed by atoms with Gasteiger partial charge in [-0.25, -0.2) is 0 Å². The molecule has 6 unspecified atom stereocenters. The Kier molecular flexibility index (Phi) is 10.4. The van der Waals surface area contributed by atoms with Crippen molar-refractivity contribution in [3.63, 3.8) is 0 Å². The summed E-state index contributed by atoms with van der Waals surface area (Å²) in [6.07, 6.45) is 21.4. The Bertz CT molecular complexity index is 3650. The van der Waals surface area contributed by atoms with Crippen LogP contribution in [0.4, 0.5) is 17.1 Å². The van der Waals surface area contributed by atoms with Crippen molar-refractivity contribution in [1.82, 2.24) is 4.57 Å². The molecule has 0 saturated carbocycles. The number of thioether (sulfide) groups is 1. The molecule has 0 radical (unpaired) electrons. The Labute approximate surface area is 409 Å². The molecular weight excluding hydrogens is 853 g/mol. The predicted octanol–water partition coefficient (Wildman–Crippen LogP) is 16.0. The molecule has 0 saturated heterocycles. The summed E-state index contributed by atoms with van der Waals surface area (Å²) in [7, 11) is 0. The van der Waals surface area contributed by atoms with Gasteiger partial charge >= 0.3 is 0 Å². The summed E-state index contributed by atoms with van der Waals surface area (Å²) in [6, 6.07) is 69.7. The van der Waals surface area contributed by atoms with E-state index in [2.05, 4.69) is 266 Å². The number of hydrogen-bond donors (Lipinski definition) is 0. The van der Waals surface area contributed by atoms with Gasteiger partial charge in [0.1, 0.15) is 0 Å². The van der Waals surface area contributed by atoms with E-state index in [9.17, 15) is 0 Å².